The van der Waals surface area contributed by atoms with E-state index in [2.05, 4.69) is 26.2 Å². The number of H-pyrrole nitrogens is 1. The first kappa shape index (κ1) is 13.6. The summed E-state index contributed by atoms with van der Waals surface area (Å²) < 4.78 is 19.1. The minimum atomic E-state index is -0.507. The third-order valence-electron chi connectivity index (χ3n) is 2.40. The van der Waals surface area contributed by atoms with Gasteiger partial charge in [-0.1, -0.05) is 15.9 Å². The molecule has 0 saturated heterocycles. The molecule has 1 aromatic carbocycles. The van der Waals surface area contributed by atoms with Gasteiger partial charge in [-0.3, -0.25) is 4.79 Å². The van der Waals surface area contributed by atoms with E-state index in [1.807, 2.05) is 6.07 Å². The van der Waals surface area contributed by atoms with Gasteiger partial charge in [-0.25, -0.2) is 4.39 Å². The molecule has 1 aromatic heterocycles. The van der Waals surface area contributed by atoms with Gasteiger partial charge in [0.15, 0.2) is 18.2 Å². The van der Waals surface area contributed by atoms with Gasteiger partial charge in [0.25, 0.3) is 5.91 Å². The van der Waals surface area contributed by atoms with Gasteiger partial charge in [-0.15, -0.1) is 0 Å². The number of hydrogen-bond donors (Lipinski definition) is 2. The molecule has 0 unspecified atom stereocenters. The summed E-state index contributed by atoms with van der Waals surface area (Å²) in [6.45, 7) is 0.192. The molecule has 0 spiro atoms. The summed E-state index contributed by atoms with van der Waals surface area (Å²) >= 11 is 3.15. The molecular formula is C13H12BrFN2O2. The van der Waals surface area contributed by atoms with Gasteiger partial charge in [0.05, 0.1) is 0 Å². The second kappa shape index (κ2) is 6.38. The molecular weight excluding hydrogens is 315 g/mol. The predicted molar refractivity (Wildman–Crippen MR) is 72.2 cm³/mol. The van der Waals surface area contributed by atoms with Crippen LogP contribution >= 0.6 is 15.9 Å². The van der Waals surface area contributed by atoms with E-state index in [4.69, 9.17) is 4.74 Å². The van der Waals surface area contributed by atoms with Gasteiger partial charge < -0.3 is 15.0 Å². The first-order chi connectivity index (χ1) is 9.15. The van der Waals surface area contributed by atoms with Crippen LogP contribution in [-0.4, -0.2) is 17.5 Å². The zero-order valence-electron chi connectivity index (χ0n) is 9.95. The van der Waals surface area contributed by atoms with Crippen LogP contribution in [0.25, 0.3) is 0 Å². The van der Waals surface area contributed by atoms with Crippen molar-refractivity contribution in [2.24, 2.45) is 0 Å². The molecule has 1 heterocycles. The van der Waals surface area contributed by atoms with Crippen LogP contribution in [0.4, 0.5) is 4.39 Å². The maximum absolute atomic E-state index is 13.4. The van der Waals surface area contributed by atoms with E-state index < -0.39 is 5.82 Å². The standard InChI is InChI=1S/C13H12BrFN2O2/c14-10-1-2-12(11(15)5-10)19-8-13(18)17-7-9-3-4-16-6-9/h1-6,16H,7-8H2,(H,17,18). The van der Waals surface area contributed by atoms with Gasteiger partial charge in [0.2, 0.25) is 0 Å². The average molecular weight is 327 g/mol. The Morgan fingerprint density at radius 2 is 2.26 bits per heavy atom. The molecule has 0 bridgehead atoms. The summed E-state index contributed by atoms with van der Waals surface area (Å²) in [5.41, 5.74) is 0.961. The van der Waals surface area contributed by atoms with Crippen molar-refractivity contribution in [3.8, 4) is 5.75 Å². The van der Waals surface area contributed by atoms with E-state index in [1.54, 1.807) is 18.5 Å². The summed E-state index contributed by atoms with van der Waals surface area (Å²) in [5.74, 6) is -0.753. The Balaban J connectivity index is 1.80. The molecule has 2 aromatic rings. The summed E-state index contributed by atoms with van der Waals surface area (Å²) in [5, 5.41) is 2.67. The first-order valence-electron chi connectivity index (χ1n) is 5.61. The Kier molecular flexibility index (Phi) is 4.57. The molecule has 0 aliphatic rings. The molecule has 0 fully saturated rings. The Bertz CT molecular complexity index is 558. The fourth-order valence-corrected chi connectivity index (χ4v) is 1.79. The zero-order valence-corrected chi connectivity index (χ0v) is 11.5. The van der Waals surface area contributed by atoms with Gasteiger partial charge in [0, 0.05) is 23.4 Å². The summed E-state index contributed by atoms with van der Waals surface area (Å²) in [6.07, 6.45) is 3.56. The normalized spacial score (nSPS) is 10.2. The van der Waals surface area contributed by atoms with Crippen molar-refractivity contribution in [1.82, 2.24) is 10.3 Å². The number of carbonyl (C=O) groups is 1. The first-order valence-corrected chi connectivity index (χ1v) is 6.40. The van der Waals surface area contributed by atoms with Crippen molar-refractivity contribution in [3.63, 3.8) is 0 Å². The lowest BCUT2D eigenvalue weighted by molar-refractivity contribution is -0.123. The lowest BCUT2D eigenvalue weighted by atomic mass is 10.3. The number of nitrogens with one attached hydrogen (secondary N) is 2. The van der Waals surface area contributed by atoms with Crippen LogP contribution in [0, 0.1) is 5.82 Å². The molecule has 2 N–H and O–H groups in total. The number of ether oxygens (including phenoxy) is 1. The molecule has 0 atom stereocenters. The van der Waals surface area contributed by atoms with Gasteiger partial charge in [-0.05, 0) is 29.8 Å². The summed E-state index contributed by atoms with van der Waals surface area (Å²) in [6, 6.07) is 6.26. The third-order valence-corrected chi connectivity index (χ3v) is 2.90. The molecule has 2 rings (SSSR count). The number of aromatic nitrogens is 1. The lowest BCUT2D eigenvalue weighted by Gasteiger charge is -2.07. The van der Waals surface area contributed by atoms with Crippen LogP contribution < -0.4 is 10.1 Å². The van der Waals surface area contributed by atoms with Crippen LogP contribution in [0.1, 0.15) is 5.56 Å². The van der Waals surface area contributed by atoms with Crippen molar-refractivity contribution >= 4 is 21.8 Å². The Morgan fingerprint density at radius 3 is 2.95 bits per heavy atom. The Hall–Kier alpha value is -1.82. The van der Waals surface area contributed by atoms with E-state index in [1.165, 1.54) is 12.1 Å². The van der Waals surface area contributed by atoms with Crippen molar-refractivity contribution in [2.75, 3.05) is 6.61 Å². The molecule has 4 nitrogen and oxygen atoms in total. The highest BCUT2D eigenvalue weighted by Crippen LogP contribution is 2.21. The van der Waals surface area contributed by atoms with E-state index in [-0.39, 0.29) is 18.3 Å². The molecule has 6 heteroatoms. The number of benzene rings is 1. The number of hydrogen-bond acceptors (Lipinski definition) is 2. The van der Waals surface area contributed by atoms with E-state index in [0.717, 1.165) is 5.56 Å². The lowest BCUT2D eigenvalue weighted by Crippen LogP contribution is -2.28. The number of aromatic amines is 1. The quantitative estimate of drug-likeness (QED) is 0.887. The predicted octanol–water partition coefficient (Wildman–Crippen LogP) is 2.61. The van der Waals surface area contributed by atoms with E-state index >= 15 is 0 Å². The topological polar surface area (TPSA) is 54.1 Å². The zero-order chi connectivity index (χ0) is 13.7. The molecule has 0 saturated carbocycles. The van der Waals surface area contributed by atoms with Crippen LogP contribution in [0.5, 0.6) is 5.75 Å². The smallest absolute Gasteiger partial charge is 0.258 e. The highest BCUT2D eigenvalue weighted by molar-refractivity contribution is 9.10. The fourth-order valence-electron chi connectivity index (χ4n) is 1.46. The minimum Gasteiger partial charge on any atom is -0.481 e. The minimum absolute atomic E-state index is 0.0556. The fraction of sp³-hybridized carbons (Fsp3) is 0.154. The van der Waals surface area contributed by atoms with Crippen LogP contribution in [0.3, 0.4) is 0 Å². The molecule has 100 valence electrons. The molecule has 0 radical (unpaired) electrons. The molecule has 1 amide bonds. The maximum Gasteiger partial charge on any atom is 0.258 e. The number of rotatable bonds is 5. The Morgan fingerprint density at radius 1 is 1.42 bits per heavy atom. The van der Waals surface area contributed by atoms with Crippen LogP contribution in [0.2, 0.25) is 0 Å². The highest BCUT2D eigenvalue weighted by Gasteiger charge is 2.07. The van der Waals surface area contributed by atoms with Crippen molar-refractivity contribution in [2.45, 2.75) is 6.54 Å². The van der Waals surface area contributed by atoms with Gasteiger partial charge in [-0.2, -0.15) is 0 Å². The SMILES string of the molecule is O=C(COc1ccc(Br)cc1F)NCc1cc[nH]c1. The number of carbonyl (C=O) groups excluding carboxylic acids is 1. The van der Waals surface area contributed by atoms with Crippen molar-refractivity contribution in [1.29, 1.82) is 0 Å². The average Bonchev–Trinajstić information content (AvgIpc) is 2.88. The van der Waals surface area contributed by atoms with Crippen LogP contribution in [-0.2, 0) is 11.3 Å². The number of amides is 1. The largest absolute Gasteiger partial charge is 0.481 e. The van der Waals surface area contributed by atoms with Crippen LogP contribution in [0.15, 0.2) is 41.1 Å². The van der Waals surface area contributed by atoms with Gasteiger partial charge >= 0.3 is 0 Å². The van der Waals surface area contributed by atoms with E-state index in [9.17, 15) is 9.18 Å². The third kappa shape index (κ3) is 4.10. The second-order valence-corrected chi connectivity index (χ2v) is 4.78. The molecule has 0 aliphatic carbocycles. The second-order valence-electron chi connectivity index (χ2n) is 3.86. The summed E-state index contributed by atoms with van der Waals surface area (Å²) in [7, 11) is 0. The monoisotopic (exact) mass is 326 g/mol. The number of halogens is 2. The van der Waals surface area contributed by atoms with Crippen molar-refractivity contribution in [3.05, 3.63) is 52.5 Å². The summed E-state index contributed by atoms with van der Waals surface area (Å²) in [4.78, 5) is 14.4. The van der Waals surface area contributed by atoms with Gasteiger partial charge in [0.1, 0.15) is 0 Å². The highest BCUT2D eigenvalue weighted by atomic mass is 79.9. The maximum atomic E-state index is 13.4. The van der Waals surface area contributed by atoms with E-state index in [0.29, 0.717) is 11.0 Å². The molecule has 0 aliphatic heterocycles. The Labute approximate surface area is 118 Å². The van der Waals surface area contributed by atoms with Crippen molar-refractivity contribution < 1.29 is 13.9 Å². The molecule has 19 heavy (non-hydrogen) atoms.